The lowest BCUT2D eigenvalue weighted by Gasteiger charge is -2.36. The standard InChI is InChI=1S/C34H34N4O6/c1-2-3-15-37-33(41)27-12-11-25(29(39)13-9-24-10-14-30-31(20-24)44-23-43-30)21-28(27)38(34(37)42)22-32(40)36-18-16-35(17-19-36)26-7-5-4-6-8-26/h2,4-8,10-12,14,20-21H,1,3,9,13,15-19,22-23H2. The van der Waals surface area contributed by atoms with Crippen molar-refractivity contribution in [3.63, 3.8) is 0 Å². The van der Waals surface area contributed by atoms with E-state index in [9.17, 15) is 19.2 Å². The summed E-state index contributed by atoms with van der Waals surface area (Å²) in [6, 6.07) is 20.4. The summed E-state index contributed by atoms with van der Waals surface area (Å²) in [4.78, 5) is 57.8. The number of ketones is 1. The van der Waals surface area contributed by atoms with Crippen molar-refractivity contribution in [2.45, 2.75) is 32.4 Å². The fraction of sp³-hybridized carbons (Fsp3) is 0.294. The zero-order chi connectivity index (χ0) is 30.6. The number of para-hydroxylation sites is 1. The van der Waals surface area contributed by atoms with Crippen LogP contribution in [0.4, 0.5) is 5.69 Å². The molecule has 1 fully saturated rings. The molecule has 10 heteroatoms. The highest BCUT2D eigenvalue weighted by Crippen LogP contribution is 2.33. The van der Waals surface area contributed by atoms with Crippen LogP contribution in [0.1, 0.15) is 28.8 Å². The van der Waals surface area contributed by atoms with E-state index in [1.54, 1.807) is 29.2 Å². The third kappa shape index (κ3) is 5.88. The van der Waals surface area contributed by atoms with Gasteiger partial charge in [-0.3, -0.25) is 23.5 Å². The number of fused-ring (bicyclic) bond motifs is 2. The number of allylic oxidation sites excluding steroid dienone is 1. The molecule has 6 rings (SSSR count). The van der Waals surface area contributed by atoms with Crippen LogP contribution in [0.15, 0.2) is 89.0 Å². The smallest absolute Gasteiger partial charge is 0.331 e. The molecule has 3 aromatic carbocycles. The summed E-state index contributed by atoms with van der Waals surface area (Å²) in [5.41, 5.74) is 1.66. The number of anilines is 1. The van der Waals surface area contributed by atoms with Crippen molar-refractivity contribution < 1.29 is 19.1 Å². The van der Waals surface area contributed by atoms with E-state index in [4.69, 9.17) is 9.47 Å². The van der Waals surface area contributed by atoms with E-state index >= 15 is 0 Å². The molecule has 0 aliphatic carbocycles. The first-order valence-corrected chi connectivity index (χ1v) is 14.8. The number of piperazine rings is 1. The molecule has 0 saturated carbocycles. The fourth-order valence-corrected chi connectivity index (χ4v) is 5.75. The van der Waals surface area contributed by atoms with E-state index in [2.05, 4.69) is 11.5 Å². The third-order valence-corrected chi connectivity index (χ3v) is 8.23. The average Bonchev–Trinajstić information content (AvgIpc) is 3.54. The Bertz CT molecular complexity index is 1840. The van der Waals surface area contributed by atoms with Crippen LogP contribution >= 0.6 is 0 Å². The Labute approximate surface area is 254 Å². The van der Waals surface area contributed by atoms with Gasteiger partial charge < -0.3 is 19.3 Å². The molecule has 0 bridgehead atoms. The number of aromatic nitrogens is 2. The van der Waals surface area contributed by atoms with Crippen LogP contribution in [0.5, 0.6) is 11.5 Å². The van der Waals surface area contributed by atoms with Gasteiger partial charge in [-0.15, -0.1) is 6.58 Å². The van der Waals surface area contributed by atoms with Crippen molar-refractivity contribution in [3.8, 4) is 11.5 Å². The zero-order valence-corrected chi connectivity index (χ0v) is 24.4. The number of ether oxygens (including phenoxy) is 2. The van der Waals surface area contributed by atoms with Crippen LogP contribution < -0.4 is 25.6 Å². The molecule has 3 heterocycles. The monoisotopic (exact) mass is 594 g/mol. The highest BCUT2D eigenvalue weighted by molar-refractivity contribution is 5.99. The number of carbonyl (C=O) groups is 2. The maximum absolute atomic E-state index is 13.7. The van der Waals surface area contributed by atoms with Crippen LogP contribution in [0.3, 0.4) is 0 Å². The van der Waals surface area contributed by atoms with Crippen LogP contribution in [-0.4, -0.2) is 58.7 Å². The Kier molecular flexibility index (Phi) is 8.31. The van der Waals surface area contributed by atoms with Crippen molar-refractivity contribution in [3.05, 3.63) is 111 Å². The number of amides is 1. The number of hydrogen-bond acceptors (Lipinski definition) is 7. The Morgan fingerprint density at radius 1 is 0.864 bits per heavy atom. The predicted molar refractivity (Wildman–Crippen MR) is 168 cm³/mol. The fourth-order valence-electron chi connectivity index (χ4n) is 5.75. The molecule has 2 aliphatic rings. The summed E-state index contributed by atoms with van der Waals surface area (Å²) < 4.78 is 13.3. The molecule has 4 aromatic rings. The first-order valence-electron chi connectivity index (χ1n) is 14.8. The minimum atomic E-state index is -0.578. The minimum absolute atomic E-state index is 0.136. The zero-order valence-electron chi connectivity index (χ0n) is 24.4. The Morgan fingerprint density at radius 3 is 2.41 bits per heavy atom. The SMILES string of the molecule is C=CCCn1c(=O)c2ccc(C(=O)CCc3ccc4c(c3)OCO4)cc2n(CC(=O)N2CCN(c3ccccc3)CC2)c1=O. The molecule has 1 amide bonds. The second-order valence-electron chi connectivity index (χ2n) is 10.9. The first-order chi connectivity index (χ1) is 21.4. The number of benzene rings is 3. The number of aryl methyl sites for hydroxylation is 1. The van der Waals surface area contributed by atoms with E-state index in [1.807, 2.05) is 48.5 Å². The summed E-state index contributed by atoms with van der Waals surface area (Å²) in [5.74, 6) is 0.986. The van der Waals surface area contributed by atoms with Gasteiger partial charge in [0.05, 0.1) is 10.9 Å². The molecule has 226 valence electrons. The molecule has 0 radical (unpaired) electrons. The van der Waals surface area contributed by atoms with E-state index < -0.39 is 11.2 Å². The molecular formula is C34H34N4O6. The van der Waals surface area contributed by atoms with Crippen LogP contribution in [0.2, 0.25) is 0 Å². The minimum Gasteiger partial charge on any atom is -0.454 e. The molecule has 0 N–H and O–H groups in total. The van der Waals surface area contributed by atoms with E-state index in [0.29, 0.717) is 56.1 Å². The molecule has 10 nitrogen and oxygen atoms in total. The highest BCUT2D eigenvalue weighted by Gasteiger charge is 2.24. The van der Waals surface area contributed by atoms with Gasteiger partial charge in [-0.05, 0) is 54.8 Å². The average molecular weight is 595 g/mol. The Balaban J connectivity index is 1.25. The molecule has 1 aromatic heterocycles. The first kappa shape index (κ1) is 29.0. The summed E-state index contributed by atoms with van der Waals surface area (Å²) in [6.45, 7) is 6.18. The van der Waals surface area contributed by atoms with Gasteiger partial charge >= 0.3 is 5.69 Å². The molecular weight excluding hydrogens is 560 g/mol. The summed E-state index contributed by atoms with van der Waals surface area (Å²) in [7, 11) is 0. The largest absolute Gasteiger partial charge is 0.454 e. The van der Waals surface area contributed by atoms with Crippen molar-refractivity contribution in [2.75, 3.05) is 37.9 Å². The maximum Gasteiger partial charge on any atom is 0.331 e. The number of rotatable bonds is 10. The Hall–Kier alpha value is -5.12. The molecule has 44 heavy (non-hydrogen) atoms. The summed E-state index contributed by atoms with van der Waals surface area (Å²) in [5, 5.41) is 0.280. The predicted octanol–water partition coefficient (Wildman–Crippen LogP) is 3.63. The van der Waals surface area contributed by atoms with Gasteiger partial charge in [0.2, 0.25) is 12.7 Å². The molecule has 0 atom stereocenters. The van der Waals surface area contributed by atoms with Gasteiger partial charge in [0.1, 0.15) is 6.54 Å². The number of carbonyl (C=O) groups excluding carboxylic acids is 2. The topological polar surface area (TPSA) is 103 Å². The van der Waals surface area contributed by atoms with Gasteiger partial charge in [-0.25, -0.2) is 4.79 Å². The van der Waals surface area contributed by atoms with E-state index in [1.165, 1.54) is 4.57 Å². The second-order valence-corrected chi connectivity index (χ2v) is 10.9. The molecule has 0 unspecified atom stereocenters. The van der Waals surface area contributed by atoms with Crippen molar-refractivity contribution in [2.24, 2.45) is 0 Å². The third-order valence-electron chi connectivity index (χ3n) is 8.23. The number of hydrogen-bond donors (Lipinski definition) is 0. The number of Topliss-reactive ketones (excluding diaryl/α,β-unsaturated/α-hetero) is 1. The van der Waals surface area contributed by atoms with Gasteiger partial charge in [0.15, 0.2) is 17.3 Å². The van der Waals surface area contributed by atoms with Crippen molar-refractivity contribution >= 4 is 28.3 Å². The molecule has 2 aliphatic heterocycles. The quantitative estimate of drug-likeness (QED) is 0.204. The van der Waals surface area contributed by atoms with Crippen LogP contribution in [-0.2, 0) is 24.3 Å². The normalized spacial score (nSPS) is 14.2. The van der Waals surface area contributed by atoms with E-state index in [-0.39, 0.29) is 48.9 Å². The van der Waals surface area contributed by atoms with Gasteiger partial charge in [-0.1, -0.05) is 36.4 Å². The highest BCUT2D eigenvalue weighted by atomic mass is 16.7. The summed E-state index contributed by atoms with van der Waals surface area (Å²) in [6.07, 6.45) is 2.76. The van der Waals surface area contributed by atoms with Gasteiger partial charge in [0.25, 0.3) is 5.56 Å². The van der Waals surface area contributed by atoms with Crippen molar-refractivity contribution in [1.82, 2.24) is 14.0 Å². The number of nitrogens with zero attached hydrogens (tertiary/aromatic N) is 4. The van der Waals surface area contributed by atoms with Crippen LogP contribution in [0, 0.1) is 0 Å². The lowest BCUT2D eigenvalue weighted by atomic mass is 10.0. The lowest BCUT2D eigenvalue weighted by molar-refractivity contribution is -0.132. The van der Waals surface area contributed by atoms with Crippen molar-refractivity contribution in [1.29, 1.82) is 0 Å². The van der Waals surface area contributed by atoms with Crippen LogP contribution in [0.25, 0.3) is 10.9 Å². The lowest BCUT2D eigenvalue weighted by Crippen LogP contribution is -2.50. The van der Waals surface area contributed by atoms with Gasteiger partial charge in [0, 0.05) is 50.4 Å². The second kappa shape index (κ2) is 12.6. The maximum atomic E-state index is 13.7. The Morgan fingerprint density at radius 2 is 1.64 bits per heavy atom. The van der Waals surface area contributed by atoms with E-state index in [0.717, 1.165) is 15.8 Å². The molecule has 0 spiro atoms. The van der Waals surface area contributed by atoms with Gasteiger partial charge in [-0.2, -0.15) is 0 Å². The molecule has 1 saturated heterocycles. The summed E-state index contributed by atoms with van der Waals surface area (Å²) >= 11 is 0.